The molecule has 1 fully saturated rings. The lowest BCUT2D eigenvalue weighted by Crippen LogP contribution is -2.47. The molecular weight excluding hydrogens is 594 g/mol. The van der Waals surface area contributed by atoms with Crippen molar-refractivity contribution in [2.75, 3.05) is 32.0 Å². The van der Waals surface area contributed by atoms with Crippen molar-refractivity contribution in [3.63, 3.8) is 0 Å². The van der Waals surface area contributed by atoms with Crippen LogP contribution in [0.15, 0.2) is 84.0 Å². The molecule has 1 saturated heterocycles. The fraction of sp³-hybridized carbons (Fsp3) is 0.229. The van der Waals surface area contributed by atoms with E-state index in [0.717, 1.165) is 46.7 Å². The highest BCUT2D eigenvalue weighted by Gasteiger charge is 2.31. The first-order valence-corrected chi connectivity index (χ1v) is 15.2. The zero-order valence-electron chi connectivity index (χ0n) is 26.1. The predicted molar refractivity (Wildman–Crippen MR) is 180 cm³/mol. The van der Waals surface area contributed by atoms with Gasteiger partial charge in [0, 0.05) is 73.4 Å². The Kier molecular flexibility index (Phi) is 8.83. The number of β-amino-alcohol motifs (C(OH)–C–C–N with tert-alkyl or cyclic N) is 1. The number of anilines is 1. The molecule has 0 bridgehead atoms. The molecule has 1 aliphatic heterocycles. The number of aliphatic hydroxyl groups is 1. The molecule has 12 heteroatoms. The summed E-state index contributed by atoms with van der Waals surface area (Å²) < 4.78 is 5.30. The number of primary amides is 1. The Morgan fingerprint density at radius 2 is 1.83 bits per heavy atom. The summed E-state index contributed by atoms with van der Waals surface area (Å²) in [5, 5.41) is 19.6. The van der Waals surface area contributed by atoms with Gasteiger partial charge in [-0.1, -0.05) is 49.1 Å². The van der Waals surface area contributed by atoms with Crippen LogP contribution in [0.4, 0.5) is 5.82 Å². The van der Waals surface area contributed by atoms with Crippen molar-refractivity contribution in [3.05, 3.63) is 118 Å². The quantitative estimate of drug-likeness (QED) is 0.187. The number of nitrogen functional groups attached to an aromatic ring is 1. The van der Waals surface area contributed by atoms with E-state index in [9.17, 15) is 9.90 Å². The van der Waals surface area contributed by atoms with Crippen LogP contribution in [-0.4, -0.2) is 71.6 Å². The summed E-state index contributed by atoms with van der Waals surface area (Å²) in [4.78, 5) is 29.9. The molecule has 0 radical (unpaired) electrons. The number of aliphatic hydroxyl groups excluding tert-OH is 1. The van der Waals surface area contributed by atoms with E-state index in [-0.39, 0.29) is 24.5 Å². The van der Waals surface area contributed by atoms with Crippen LogP contribution in [-0.2, 0) is 11.8 Å². The number of fused-ring (bicyclic) bond motifs is 2. The molecule has 0 aliphatic carbocycles. The summed E-state index contributed by atoms with van der Waals surface area (Å²) in [6, 6.07) is 19.2. The summed E-state index contributed by atoms with van der Waals surface area (Å²) in [5.41, 5.74) is 16.0. The highest BCUT2D eigenvalue weighted by molar-refractivity contribution is 5.88. The number of nitrogens with zero attached hydrogens (tertiary/aromatic N) is 7. The average Bonchev–Trinajstić information content (AvgIpc) is 3.59. The third kappa shape index (κ3) is 5.85. The van der Waals surface area contributed by atoms with Crippen molar-refractivity contribution in [2.24, 2.45) is 12.8 Å². The topological polar surface area (TPSA) is 163 Å². The van der Waals surface area contributed by atoms with Crippen LogP contribution >= 0.6 is 0 Å². The van der Waals surface area contributed by atoms with Gasteiger partial charge in [0.15, 0.2) is 11.5 Å². The zero-order chi connectivity index (χ0) is 33.1. The average molecular weight is 630 g/mol. The van der Waals surface area contributed by atoms with Crippen molar-refractivity contribution in [1.82, 2.24) is 33.8 Å². The molecule has 6 aromatic rings. The monoisotopic (exact) mass is 629 g/mol. The summed E-state index contributed by atoms with van der Waals surface area (Å²) in [6.45, 7) is 4.56. The molecule has 4 aromatic heterocycles. The molecule has 47 heavy (non-hydrogen) atoms. The Bertz CT molecular complexity index is 2190. The standard InChI is InChI=1S/C34H32N8O2.CH3NO/c1-22(29-32(35)38-41-15-7-14-36-33(29)41)28-18-24-9-6-8-23(30(24)34(44)42(28)27-10-4-3-5-11-27)12-13-25-19-37-39(2)31(25)26-20-40(21-26)16-17-43;2-1-3/h3-11,14-15,18-19,22,26,43H,16-17,20-21H2,1-2H3,(H2,35,38);1H,(H2,2,3). The van der Waals surface area contributed by atoms with Crippen LogP contribution in [0.3, 0.4) is 0 Å². The van der Waals surface area contributed by atoms with Crippen LogP contribution < -0.4 is 17.0 Å². The highest BCUT2D eigenvalue weighted by atomic mass is 16.3. The van der Waals surface area contributed by atoms with E-state index in [4.69, 9.17) is 10.5 Å². The normalized spacial score (nSPS) is 13.8. The molecule has 7 rings (SSSR count). The SMILES string of the molecule is CC(c1c(N)nn2cccnc12)c1cc2cccc(C#Cc3cnn(C)c3C3CN(CCO)C3)c2c(=O)n1-c1ccccc1.NC=O. The van der Waals surface area contributed by atoms with Gasteiger partial charge >= 0.3 is 0 Å². The van der Waals surface area contributed by atoms with E-state index >= 15 is 0 Å². The largest absolute Gasteiger partial charge is 0.395 e. The molecule has 5 N–H and O–H groups in total. The first kappa shape index (κ1) is 31.2. The summed E-state index contributed by atoms with van der Waals surface area (Å²) >= 11 is 0. The maximum atomic E-state index is 14.5. The minimum Gasteiger partial charge on any atom is -0.395 e. The van der Waals surface area contributed by atoms with Crippen LogP contribution in [0.25, 0.3) is 22.1 Å². The van der Waals surface area contributed by atoms with Crippen LogP contribution in [0.1, 0.15) is 46.8 Å². The van der Waals surface area contributed by atoms with Gasteiger partial charge in [-0.3, -0.25) is 23.7 Å². The van der Waals surface area contributed by atoms with E-state index in [1.165, 1.54) is 0 Å². The second-order valence-corrected chi connectivity index (χ2v) is 11.4. The van der Waals surface area contributed by atoms with Gasteiger partial charge in [-0.25, -0.2) is 9.50 Å². The number of carbonyl (C=O) groups excluding carboxylic acids is 1. The first-order valence-electron chi connectivity index (χ1n) is 15.2. The molecule has 2 aromatic carbocycles. The number of carbonyl (C=O) groups is 1. The van der Waals surface area contributed by atoms with Crippen LogP contribution in [0, 0.1) is 11.8 Å². The van der Waals surface area contributed by atoms with E-state index < -0.39 is 0 Å². The molecule has 0 spiro atoms. The van der Waals surface area contributed by atoms with Crippen molar-refractivity contribution < 1.29 is 9.90 Å². The maximum absolute atomic E-state index is 14.5. The smallest absolute Gasteiger partial charge is 0.264 e. The summed E-state index contributed by atoms with van der Waals surface area (Å²) in [7, 11) is 1.93. The lowest BCUT2D eigenvalue weighted by molar-refractivity contribution is -0.106. The molecule has 5 heterocycles. The van der Waals surface area contributed by atoms with Gasteiger partial charge in [-0.2, -0.15) is 5.10 Å². The van der Waals surface area contributed by atoms with E-state index in [2.05, 4.69) is 37.7 Å². The number of aryl methyl sites for hydroxylation is 1. The van der Waals surface area contributed by atoms with Gasteiger partial charge in [-0.05, 0) is 35.7 Å². The van der Waals surface area contributed by atoms with Gasteiger partial charge in [0.05, 0.1) is 29.4 Å². The molecule has 1 amide bonds. The van der Waals surface area contributed by atoms with Gasteiger partial charge in [-0.15, -0.1) is 5.10 Å². The number of hydrogen-bond acceptors (Lipinski definition) is 8. The number of hydrogen-bond donors (Lipinski definition) is 3. The third-order valence-electron chi connectivity index (χ3n) is 8.50. The van der Waals surface area contributed by atoms with Crippen LogP contribution in [0.2, 0.25) is 0 Å². The van der Waals surface area contributed by atoms with Crippen molar-refractivity contribution >= 4 is 28.6 Å². The number of para-hydroxylation sites is 1. The minimum atomic E-state index is -0.291. The molecule has 12 nitrogen and oxygen atoms in total. The van der Waals surface area contributed by atoms with Crippen molar-refractivity contribution in [2.45, 2.75) is 18.8 Å². The lowest BCUT2D eigenvalue weighted by Gasteiger charge is -2.39. The Morgan fingerprint density at radius 1 is 1.09 bits per heavy atom. The van der Waals surface area contributed by atoms with E-state index in [0.29, 0.717) is 34.9 Å². The van der Waals surface area contributed by atoms with Crippen molar-refractivity contribution in [3.8, 4) is 17.5 Å². The van der Waals surface area contributed by atoms with Gasteiger partial charge < -0.3 is 16.6 Å². The maximum Gasteiger partial charge on any atom is 0.264 e. The van der Waals surface area contributed by atoms with E-state index in [1.807, 2.05) is 79.4 Å². The summed E-state index contributed by atoms with van der Waals surface area (Å²) in [6.07, 6.45) is 5.57. The molecule has 1 unspecified atom stereocenters. The Hall–Kier alpha value is -5.77. The second-order valence-electron chi connectivity index (χ2n) is 11.4. The van der Waals surface area contributed by atoms with Gasteiger partial charge in [0.2, 0.25) is 6.41 Å². The fourth-order valence-electron chi connectivity index (χ4n) is 6.36. The second kappa shape index (κ2) is 13.3. The first-order chi connectivity index (χ1) is 22.9. The van der Waals surface area contributed by atoms with Gasteiger partial charge in [0.25, 0.3) is 5.56 Å². The highest BCUT2D eigenvalue weighted by Crippen LogP contribution is 2.33. The van der Waals surface area contributed by atoms with Gasteiger partial charge in [0.1, 0.15) is 0 Å². The fourth-order valence-corrected chi connectivity index (χ4v) is 6.36. The van der Waals surface area contributed by atoms with Crippen LogP contribution in [0.5, 0.6) is 0 Å². The number of likely N-dealkylation sites (tertiary alicyclic amines) is 1. The third-order valence-corrected chi connectivity index (χ3v) is 8.50. The molecule has 0 saturated carbocycles. The number of nitrogens with two attached hydrogens (primary N) is 2. The molecule has 1 aliphatic rings. The Morgan fingerprint density at radius 3 is 2.57 bits per heavy atom. The van der Waals surface area contributed by atoms with E-state index in [1.54, 1.807) is 27.5 Å². The lowest BCUT2D eigenvalue weighted by atomic mass is 9.93. The number of rotatable bonds is 6. The summed E-state index contributed by atoms with van der Waals surface area (Å²) in [5.74, 6) is 7.02. The molecule has 238 valence electrons. The molecule has 1 atom stereocenters. The number of benzene rings is 2. The molecular formula is C35H35N9O3. The van der Waals surface area contributed by atoms with Crippen molar-refractivity contribution in [1.29, 1.82) is 0 Å². The number of pyridine rings is 1. The minimum absolute atomic E-state index is 0.149. The zero-order valence-corrected chi connectivity index (χ0v) is 26.1. The number of amides is 1. The number of aromatic nitrogens is 6. The Balaban J connectivity index is 0.00000124. The Labute approximate surface area is 270 Å². The predicted octanol–water partition coefficient (Wildman–Crippen LogP) is 2.39.